The molecular formula is C15H21N3O. The molecule has 0 bridgehead atoms. The Labute approximate surface area is 114 Å². The van der Waals surface area contributed by atoms with Crippen LogP contribution in [0, 0.1) is 12.8 Å². The maximum Gasteiger partial charge on any atom is 0.247 e. The van der Waals surface area contributed by atoms with E-state index in [0.717, 1.165) is 18.5 Å². The van der Waals surface area contributed by atoms with Gasteiger partial charge in [-0.15, -0.1) is 10.2 Å². The summed E-state index contributed by atoms with van der Waals surface area (Å²) in [4.78, 5) is 0. The predicted molar refractivity (Wildman–Crippen MR) is 75.6 cm³/mol. The fourth-order valence-corrected chi connectivity index (χ4v) is 1.72. The zero-order valence-corrected chi connectivity index (χ0v) is 11.8. The summed E-state index contributed by atoms with van der Waals surface area (Å²) in [6.45, 7) is 8.08. The lowest BCUT2D eigenvalue weighted by Crippen LogP contribution is -2.16. The van der Waals surface area contributed by atoms with Crippen LogP contribution >= 0.6 is 0 Å². The van der Waals surface area contributed by atoms with Crippen molar-refractivity contribution in [2.45, 2.75) is 33.7 Å². The van der Waals surface area contributed by atoms with Crippen LogP contribution in [0.15, 0.2) is 28.7 Å². The highest BCUT2D eigenvalue weighted by Crippen LogP contribution is 2.18. The van der Waals surface area contributed by atoms with Gasteiger partial charge < -0.3 is 9.73 Å². The van der Waals surface area contributed by atoms with Gasteiger partial charge in [0.1, 0.15) is 0 Å². The Kier molecular flexibility index (Phi) is 4.68. The quantitative estimate of drug-likeness (QED) is 0.809. The highest BCUT2D eigenvalue weighted by atomic mass is 16.4. The van der Waals surface area contributed by atoms with Gasteiger partial charge in [0.25, 0.3) is 0 Å². The van der Waals surface area contributed by atoms with E-state index in [-0.39, 0.29) is 0 Å². The van der Waals surface area contributed by atoms with Crippen LogP contribution < -0.4 is 5.32 Å². The summed E-state index contributed by atoms with van der Waals surface area (Å²) >= 11 is 0. The Morgan fingerprint density at radius 1 is 1.16 bits per heavy atom. The zero-order valence-electron chi connectivity index (χ0n) is 11.8. The van der Waals surface area contributed by atoms with Gasteiger partial charge in [-0.05, 0) is 37.9 Å². The van der Waals surface area contributed by atoms with E-state index in [2.05, 4.69) is 36.3 Å². The van der Waals surface area contributed by atoms with Gasteiger partial charge in [-0.2, -0.15) is 0 Å². The van der Waals surface area contributed by atoms with E-state index in [1.807, 2.05) is 24.3 Å². The first-order valence-corrected chi connectivity index (χ1v) is 6.75. The smallest absolute Gasteiger partial charge is 0.247 e. The summed E-state index contributed by atoms with van der Waals surface area (Å²) < 4.78 is 5.63. The van der Waals surface area contributed by atoms with Crippen LogP contribution in [0.4, 0.5) is 0 Å². The minimum atomic E-state index is 0.584. The lowest BCUT2D eigenvalue weighted by atomic mass is 10.1. The number of hydrogen-bond acceptors (Lipinski definition) is 4. The molecule has 0 fully saturated rings. The van der Waals surface area contributed by atoms with E-state index in [1.165, 1.54) is 5.56 Å². The molecule has 1 aromatic carbocycles. The van der Waals surface area contributed by atoms with Gasteiger partial charge in [0.2, 0.25) is 11.8 Å². The molecule has 1 heterocycles. The molecule has 0 unspecified atom stereocenters. The van der Waals surface area contributed by atoms with Crippen LogP contribution in [-0.2, 0) is 6.54 Å². The molecule has 0 aliphatic carbocycles. The predicted octanol–water partition coefficient (Wildman–Crippen LogP) is 3.18. The van der Waals surface area contributed by atoms with E-state index in [9.17, 15) is 0 Å². The van der Waals surface area contributed by atoms with Crippen molar-refractivity contribution in [2.75, 3.05) is 6.54 Å². The van der Waals surface area contributed by atoms with E-state index in [0.29, 0.717) is 24.2 Å². The second-order valence-electron chi connectivity index (χ2n) is 5.23. The molecule has 0 aliphatic rings. The van der Waals surface area contributed by atoms with Gasteiger partial charge in [-0.3, -0.25) is 0 Å². The summed E-state index contributed by atoms with van der Waals surface area (Å²) in [5.41, 5.74) is 2.19. The van der Waals surface area contributed by atoms with Crippen LogP contribution in [-0.4, -0.2) is 16.7 Å². The lowest BCUT2D eigenvalue weighted by Gasteiger charge is -2.04. The topological polar surface area (TPSA) is 51.0 Å². The van der Waals surface area contributed by atoms with Crippen molar-refractivity contribution >= 4 is 0 Å². The molecule has 0 radical (unpaired) electrons. The molecule has 0 amide bonds. The minimum absolute atomic E-state index is 0.584. The average molecular weight is 259 g/mol. The highest BCUT2D eigenvalue weighted by molar-refractivity contribution is 5.52. The van der Waals surface area contributed by atoms with E-state index in [4.69, 9.17) is 4.42 Å². The monoisotopic (exact) mass is 259 g/mol. The molecule has 0 saturated heterocycles. The van der Waals surface area contributed by atoms with Gasteiger partial charge in [-0.1, -0.05) is 31.5 Å². The summed E-state index contributed by atoms with van der Waals surface area (Å²) in [5.74, 6) is 1.93. The third-order valence-electron chi connectivity index (χ3n) is 2.94. The number of nitrogens with one attached hydrogen (secondary N) is 1. The number of aryl methyl sites for hydroxylation is 1. The number of hydrogen-bond donors (Lipinski definition) is 1. The molecule has 2 rings (SSSR count). The van der Waals surface area contributed by atoms with Crippen molar-refractivity contribution in [3.8, 4) is 11.5 Å². The number of benzene rings is 1. The molecule has 1 N–H and O–H groups in total. The molecule has 0 atom stereocenters. The van der Waals surface area contributed by atoms with E-state index >= 15 is 0 Å². The maximum atomic E-state index is 5.63. The zero-order chi connectivity index (χ0) is 13.7. The third kappa shape index (κ3) is 4.17. The molecule has 19 heavy (non-hydrogen) atoms. The van der Waals surface area contributed by atoms with Crippen molar-refractivity contribution in [3.05, 3.63) is 35.7 Å². The Hall–Kier alpha value is -1.68. The van der Waals surface area contributed by atoms with Crippen molar-refractivity contribution in [2.24, 2.45) is 5.92 Å². The normalized spacial score (nSPS) is 11.2. The number of nitrogens with zero attached hydrogens (tertiary/aromatic N) is 2. The second kappa shape index (κ2) is 6.48. The lowest BCUT2D eigenvalue weighted by molar-refractivity contribution is 0.461. The van der Waals surface area contributed by atoms with Gasteiger partial charge in [0.05, 0.1) is 6.54 Å². The van der Waals surface area contributed by atoms with Gasteiger partial charge in [0, 0.05) is 5.56 Å². The van der Waals surface area contributed by atoms with Gasteiger partial charge >= 0.3 is 0 Å². The average Bonchev–Trinajstić information content (AvgIpc) is 2.84. The van der Waals surface area contributed by atoms with Crippen molar-refractivity contribution < 1.29 is 4.42 Å². The maximum absolute atomic E-state index is 5.63. The first-order valence-electron chi connectivity index (χ1n) is 6.75. The largest absolute Gasteiger partial charge is 0.419 e. The van der Waals surface area contributed by atoms with Crippen molar-refractivity contribution in [3.63, 3.8) is 0 Å². The number of aromatic nitrogens is 2. The SMILES string of the molecule is Cc1ccc(-c2nnc(CNCCC(C)C)o2)cc1. The minimum Gasteiger partial charge on any atom is -0.419 e. The molecule has 0 spiro atoms. The molecular weight excluding hydrogens is 238 g/mol. The highest BCUT2D eigenvalue weighted by Gasteiger charge is 2.07. The van der Waals surface area contributed by atoms with E-state index in [1.54, 1.807) is 0 Å². The first kappa shape index (κ1) is 13.7. The fourth-order valence-electron chi connectivity index (χ4n) is 1.72. The van der Waals surface area contributed by atoms with Gasteiger partial charge in [-0.25, -0.2) is 0 Å². The van der Waals surface area contributed by atoms with Crippen LogP contribution in [0.2, 0.25) is 0 Å². The Balaban J connectivity index is 1.90. The molecule has 0 aliphatic heterocycles. The summed E-state index contributed by atoms with van der Waals surface area (Å²) in [5, 5.41) is 11.4. The number of rotatable bonds is 6. The van der Waals surface area contributed by atoms with Crippen LogP contribution in [0.1, 0.15) is 31.7 Å². The molecule has 2 aromatic rings. The Bertz CT molecular complexity index is 502. The summed E-state index contributed by atoms with van der Waals surface area (Å²) in [6, 6.07) is 8.08. The fraction of sp³-hybridized carbons (Fsp3) is 0.467. The molecule has 4 heteroatoms. The molecule has 1 aromatic heterocycles. The van der Waals surface area contributed by atoms with Crippen LogP contribution in [0.25, 0.3) is 11.5 Å². The summed E-state index contributed by atoms with van der Waals surface area (Å²) in [7, 11) is 0. The molecule has 0 saturated carbocycles. The first-order chi connectivity index (χ1) is 9.15. The summed E-state index contributed by atoms with van der Waals surface area (Å²) in [6.07, 6.45) is 1.15. The molecule has 102 valence electrons. The van der Waals surface area contributed by atoms with Crippen molar-refractivity contribution in [1.82, 2.24) is 15.5 Å². The standard InChI is InChI=1S/C15H21N3O/c1-11(2)8-9-16-10-14-17-18-15(19-14)13-6-4-12(3)5-7-13/h4-7,11,16H,8-10H2,1-3H3. The Morgan fingerprint density at radius 2 is 1.89 bits per heavy atom. The van der Waals surface area contributed by atoms with Crippen LogP contribution in [0.3, 0.4) is 0 Å². The third-order valence-corrected chi connectivity index (χ3v) is 2.94. The van der Waals surface area contributed by atoms with Gasteiger partial charge in [0.15, 0.2) is 0 Å². The van der Waals surface area contributed by atoms with Crippen molar-refractivity contribution in [1.29, 1.82) is 0 Å². The van der Waals surface area contributed by atoms with E-state index < -0.39 is 0 Å². The second-order valence-corrected chi connectivity index (χ2v) is 5.23. The Morgan fingerprint density at radius 3 is 2.58 bits per heavy atom. The van der Waals surface area contributed by atoms with Crippen LogP contribution in [0.5, 0.6) is 0 Å². The molecule has 4 nitrogen and oxygen atoms in total.